The van der Waals surface area contributed by atoms with Crippen molar-refractivity contribution in [2.24, 2.45) is 11.8 Å². The predicted molar refractivity (Wildman–Crippen MR) is 98.0 cm³/mol. The quantitative estimate of drug-likeness (QED) is 0.488. The Hall–Kier alpha value is -2.36. The first kappa shape index (κ1) is 17.5. The Kier molecular flexibility index (Phi) is 5.69. The first-order chi connectivity index (χ1) is 12.1. The molecule has 3 rings (SSSR count). The lowest BCUT2D eigenvalue weighted by molar-refractivity contribution is -0.139. The molecular weight excluding hydrogens is 314 g/mol. The molecule has 0 aliphatic heterocycles. The van der Waals surface area contributed by atoms with Gasteiger partial charge < -0.3 is 10.1 Å². The zero-order chi connectivity index (χ0) is 17.6. The second-order valence-corrected chi connectivity index (χ2v) is 7.01. The highest BCUT2D eigenvalue weighted by atomic mass is 16.5. The highest BCUT2D eigenvalue weighted by Crippen LogP contribution is 2.25. The molecule has 132 valence electrons. The summed E-state index contributed by atoms with van der Waals surface area (Å²) in [5.74, 6) is 0.605. The van der Waals surface area contributed by atoms with Crippen LogP contribution in [0.2, 0.25) is 0 Å². The van der Waals surface area contributed by atoms with Gasteiger partial charge in [-0.15, -0.1) is 0 Å². The van der Waals surface area contributed by atoms with Gasteiger partial charge in [0.2, 0.25) is 0 Å². The smallest absolute Gasteiger partial charge is 0.330 e. The summed E-state index contributed by atoms with van der Waals surface area (Å²) < 4.78 is 5.36. The zero-order valence-electron chi connectivity index (χ0n) is 14.6. The van der Waals surface area contributed by atoms with Gasteiger partial charge in [-0.05, 0) is 61.3 Å². The van der Waals surface area contributed by atoms with Crippen molar-refractivity contribution >= 4 is 18.0 Å². The van der Waals surface area contributed by atoms with Gasteiger partial charge in [-0.2, -0.15) is 0 Å². The Labute approximate surface area is 149 Å². The van der Waals surface area contributed by atoms with Crippen LogP contribution in [0.1, 0.15) is 48.5 Å². The molecule has 4 nitrogen and oxygen atoms in total. The standard InChI is InChI=1S/C21H25NO3/c1-15-4-2-3-5-18(15)14-25-20(23)13-8-16-6-9-17(10-7-16)21(24)22-19-11-12-19/h2-3,6-10,13,15,18-19H,4-5,11-12,14H2,1H3,(H,22,24). The molecule has 0 bridgehead atoms. The average molecular weight is 339 g/mol. The number of benzene rings is 1. The van der Waals surface area contributed by atoms with E-state index in [1.54, 1.807) is 18.2 Å². The first-order valence-corrected chi connectivity index (χ1v) is 9.02. The van der Waals surface area contributed by atoms with E-state index < -0.39 is 0 Å². The largest absolute Gasteiger partial charge is 0.462 e. The number of rotatable bonds is 6. The lowest BCUT2D eigenvalue weighted by Gasteiger charge is -2.24. The van der Waals surface area contributed by atoms with Gasteiger partial charge in [-0.25, -0.2) is 4.79 Å². The Bertz CT molecular complexity index is 671. The average Bonchev–Trinajstić information content (AvgIpc) is 3.43. The lowest BCUT2D eigenvalue weighted by Crippen LogP contribution is -2.25. The Morgan fingerprint density at radius 1 is 1.16 bits per heavy atom. The van der Waals surface area contributed by atoms with E-state index in [4.69, 9.17) is 4.74 Å². The Morgan fingerprint density at radius 2 is 1.88 bits per heavy atom. The van der Waals surface area contributed by atoms with Crippen LogP contribution in [0.3, 0.4) is 0 Å². The molecule has 1 saturated carbocycles. The molecule has 1 amide bonds. The molecule has 1 aromatic rings. The van der Waals surface area contributed by atoms with Crippen molar-refractivity contribution in [2.75, 3.05) is 6.61 Å². The van der Waals surface area contributed by atoms with Gasteiger partial charge >= 0.3 is 5.97 Å². The van der Waals surface area contributed by atoms with Crippen molar-refractivity contribution in [1.82, 2.24) is 5.32 Å². The number of nitrogens with one attached hydrogen (secondary N) is 1. The van der Waals surface area contributed by atoms with Crippen LogP contribution in [0.25, 0.3) is 6.08 Å². The van der Waals surface area contributed by atoms with E-state index in [1.807, 2.05) is 12.1 Å². The number of esters is 1. The third-order valence-corrected chi connectivity index (χ3v) is 4.86. The van der Waals surface area contributed by atoms with Crippen LogP contribution in [0.15, 0.2) is 42.5 Å². The van der Waals surface area contributed by atoms with E-state index in [1.165, 1.54) is 6.08 Å². The third kappa shape index (κ3) is 5.31. The van der Waals surface area contributed by atoms with Crippen molar-refractivity contribution in [3.8, 4) is 0 Å². The summed E-state index contributed by atoms with van der Waals surface area (Å²) in [4.78, 5) is 23.8. The van der Waals surface area contributed by atoms with Crippen molar-refractivity contribution in [2.45, 2.75) is 38.6 Å². The number of carbonyl (C=O) groups is 2. The van der Waals surface area contributed by atoms with Crippen LogP contribution in [-0.4, -0.2) is 24.5 Å². The van der Waals surface area contributed by atoms with Crippen molar-refractivity contribution < 1.29 is 14.3 Å². The number of carbonyl (C=O) groups excluding carboxylic acids is 2. The molecule has 0 heterocycles. The summed E-state index contributed by atoms with van der Waals surface area (Å²) >= 11 is 0. The minimum absolute atomic E-state index is 0.0342. The predicted octanol–water partition coefficient (Wildman–Crippen LogP) is 3.74. The van der Waals surface area contributed by atoms with E-state index in [0.29, 0.717) is 30.0 Å². The van der Waals surface area contributed by atoms with Crippen LogP contribution in [0.5, 0.6) is 0 Å². The van der Waals surface area contributed by atoms with Crippen molar-refractivity contribution in [1.29, 1.82) is 0 Å². The summed E-state index contributed by atoms with van der Waals surface area (Å²) in [7, 11) is 0. The molecule has 2 aliphatic carbocycles. The van der Waals surface area contributed by atoms with Crippen LogP contribution >= 0.6 is 0 Å². The molecule has 0 saturated heterocycles. The minimum Gasteiger partial charge on any atom is -0.462 e. The fraction of sp³-hybridized carbons (Fsp3) is 0.429. The maximum Gasteiger partial charge on any atom is 0.330 e. The number of hydrogen-bond donors (Lipinski definition) is 1. The van der Waals surface area contributed by atoms with Gasteiger partial charge in [0.05, 0.1) is 6.61 Å². The van der Waals surface area contributed by atoms with Gasteiger partial charge in [0.25, 0.3) is 5.91 Å². The van der Waals surface area contributed by atoms with Crippen LogP contribution in [0.4, 0.5) is 0 Å². The summed E-state index contributed by atoms with van der Waals surface area (Å²) in [5, 5.41) is 2.96. The van der Waals surface area contributed by atoms with Crippen LogP contribution in [-0.2, 0) is 9.53 Å². The zero-order valence-corrected chi connectivity index (χ0v) is 14.6. The third-order valence-electron chi connectivity index (χ3n) is 4.86. The molecule has 2 unspecified atom stereocenters. The molecule has 0 radical (unpaired) electrons. The van der Waals surface area contributed by atoms with Gasteiger partial charge in [0, 0.05) is 17.7 Å². The fourth-order valence-electron chi connectivity index (χ4n) is 2.88. The highest BCUT2D eigenvalue weighted by Gasteiger charge is 2.23. The van der Waals surface area contributed by atoms with Crippen molar-refractivity contribution in [3.05, 3.63) is 53.6 Å². The molecule has 25 heavy (non-hydrogen) atoms. The van der Waals surface area contributed by atoms with E-state index in [-0.39, 0.29) is 11.9 Å². The van der Waals surface area contributed by atoms with E-state index in [0.717, 1.165) is 31.2 Å². The van der Waals surface area contributed by atoms with Crippen LogP contribution < -0.4 is 5.32 Å². The number of ether oxygens (including phenoxy) is 1. The van der Waals surface area contributed by atoms with Gasteiger partial charge in [0.15, 0.2) is 0 Å². The molecule has 1 aromatic carbocycles. The number of allylic oxidation sites excluding steroid dienone is 2. The summed E-state index contributed by atoms with van der Waals surface area (Å²) in [6, 6.07) is 7.57. The van der Waals surface area contributed by atoms with Gasteiger partial charge in [-0.3, -0.25) is 4.79 Å². The second kappa shape index (κ2) is 8.15. The molecule has 1 fully saturated rings. The van der Waals surface area contributed by atoms with Crippen molar-refractivity contribution in [3.63, 3.8) is 0 Å². The molecule has 0 aromatic heterocycles. The molecule has 2 atom stereocenters. The van der Waals surface area contributed by atoms with Gasteiger partial charge in [0.1, 0.15) is 0 Å². The monoisotopic (exact) mass is 339 g/mol. The molecule has 4 heteroatoms. The SMILES string of the molecule is CC1CC=CCC1COC(=O)C=Cc1ccc(C(=O)NC2CC2)cc1. The maximum absolute atomic E-state index is 11.9. The van der Waals surface area contributed by atoms with E-state index in [9.17, 15) is 9.59 Å². The summed E-state index contributed by atoms with van der Waals surface area (Å²) in [5.41, 5.74) is 1.51. The lowest BCUT2D eigenvalue weighted by atomic mass is 9.85. The number of hydrogen-bond acceptors (Lipinski definition) is 3. The molecule has 0 spiro atoms. The van der Waals surface area contributed by atoms with E-state index >= 15 is 0 Å². The minimum atomic E-state index is -0.322. The second-order valence-electron chi connectivity index (χ2n) is 7.01. The fourth-order valence-corrected chi connectivity index (χ4v) is 2.88. The topological polar surface area (TPSA) is 55.4 Å². The summed E-state index contributed by atoms with van der Waals surface area (Å²) in [6.45, 7) is 2.66. The number of amides is 1. The summed E-state index contributed by atoms with van der Waals surface area (Å²) in [6.07, 6.45) is 11.7. The Balaban J connectivity index is 1.46. The normalized spacial score (nSPS) is 22.8. The van der Waals surface area contributed by atoms with E-state index in [2.05, 4.69) is 24.4 Å². The van der Waals surface area contributed by atoms with Gasteiger partial charge in [-0.1, -0.05) is 31.2 Å². The first-order valence-electron chi connectivity index (χ1n) is 9.02. The Morgan fingerprint density at radius 3 is 2.56 bits per heavy atom. The molecule has 2 aliphatic rings. The maximum atomic E-state index is 11.9. The molecule has 1 N–H and O–H groups in total. The van der Waals surface area contributed by atoms with Crippen LogP contribution in [0, 0.1) is 11.8 Å². The highest BCUT2D eigenvalue weighted by molar-refractivity contribution is 5.95. The molecular formula is C21H25NO3.